The third-order valence-corrected chi connectivity index (χ3v) is 4.96. The van der Waals surface area contributed by atoms with Crippen molar-refractivity contribution in [2.24, 2.45) is 0 Å². The monoisotopic (exact) mass is 353 g/mol. The number of methoxy groups -OCH3 is 1. The molecule has 0 aliphatic heterocycles. The van der Waals surface area contributed by atoms with Crippen LogP contribution in [-0.4, -0.2) is 26.0 Å². The largest absolute Gasteiger partial charge is 0.495 e. The maximum Gasteiger partial charge on any atom is 0.163 e. The van der Waals surface area contributed by atoms with E-state index < -0.39 is 0 Å². The van der Waals surface area contributed by atoms with Crippen molar-refractivity contribution in [3.8, 4) is 5.75 Å². The topological polar surface area (TPSA) is 29.5 Å². The highest BCUT2D eigenvalue weighted by Gasteiger charge is 2.19. The number of anilines is 1. The van der Waals surface area contributed by atoms with Gasteiger partial charge in [-0.15, -0.1) is 0 Å². The molecule has 1 aliphatic carbocycles. The SMILES string of the molecule is CC(C)c1ccc2c(c1)C(=O)CC2.COc1ccccc1N(C)C(C)C. The Hall–Kier alpha value is -2.29. The molecule has 0 saturated carbocycles. The average molecular weight is 354 g/mol. The summed E-state index contributed by atoms with van der Waals surface area (Å²) in [5.41, 5.74) is 4.61. The molecule has 0 aromatic heterocycles. The Labute approximate surface area is 158 Å². The molecule has 0 bridgehead atoms. The fourth-order valence-corrected chi connectivity index (χ4v) is 3.01. The highest BCUT2D eigenvalue weighted by Crippen LogP contribution is 2.27. The fourth-order valence-electron chi connectivity index (χ4n) is 3.01. The summed E-state index contributed by atoms with van der Waals surface area (Å²) in [5.74, 6) is 1.76. The highest BCUT2D eigenvalue weighted by molar-refractivity contribution is 6.00. The first kappa shape index (κ1) is 20.0. The zero-order valence-corrected chi connectivity index (χ0v) is 16.9. The molecule has 0 radical (unpaired) electrons. The van der Waals surface area contributed by atoms with Gasteiger partial charge in [0.15, 0.2) is 5.78 Å². The lowest BCUT2D eigenvalue weighted by Gasteiger charge is -2.25. The molecule has 1 aliphatic rings. The summed E-state index contributed by atoms with van der Waals surface area (Å²) in [7, 11) is 3.77. The standard InChI is InChI=1S/C12H14O.C11H17NO/c1-8(2)10-4-3-9-5-6-12(13)11(9)7-10;1-9(2)12(3)10-7-5-6-8-11(10)13-4/h3-4,7-8H,5-6H2,1-2H3;5-9H,1-4H3. The molecule has 26 heavy (non-hydrogen) atoms. The molecule has 0 N–H and O–H groups in total. The first-order chi connectivity index (χ1) is 12.3. The van der Waals surface area contributed by atoms with Crippen molar-refractivity contribution < 1.29 is 9.53 Å². The molecule has 0 saturated heterocycles. The lowest BCUT2D eigenvalue weighted by Crippen LogP contribution is -2.25. The Morgan fingerprint density at radius 3 is 2.31 bits per heavy atom. The number of ketones is 1. The number of nitrogens with zero attached hydrogens (tertiary/aromatic N) is 1. The molecular formula is C23H31NO2. The van der Waals surface area contributed by atoms with Gasteiger partial charge in [-0.05, 0) is 55.5 Å². The number of Topliss-reactive ketones (excluding diaryl/α,β-unsaturated/α-hetero) is 1. The minimum Gasteiger partial charge on any atom is -0.495 e. The molecule has 3 heteroatoms. The molecule has 140 valence electrons. The van der Waals surface area contributed by atoms with E-state index in [-0.39, 0.29) is 0 Å². The van der Waals surface area contributed by atoms with Crippen molar-refractivity contribution in [3.63, 3.8) is 0 Å². The molecule has 3 rings (SSSR count). The maximum absolute atomic E-state index is 11.4. The number of benzene rings is 2. The zero-order valence-electron chi connectivity index (χ0n) is 16.9. The van der Waals surface area contributed by atoms with Crippen LogP contribution in [0.1, 0.15) is 61.5 Å². The van der Waals surface area contributed by atoms with Gasteiger partial charge in [-0.2, -0.15) is 0 Å². The van der Waals surface area contributed by atoms with Crippen LogP contribution in [-0.2, 0) is 6.42 Å². The Bertz CT molecular complexity index is 750. The maximum atomic E-state index is 11.4. The minimum absolute atomic E-state index is 0.317. The van der Waals surface area contributed by atoms with Crippen LogP contribution in [0, 0.1) is 0 Å². The second-order valence-electron chi connectivity index (χ2n) is 7.37. The van der Waals surface area contributed by atoms with Crippen LogP contribution < -0.4 is 9.64 Å². The second kappa shape index (κ2) is 8.88. The summed E-state index contributed by atoms with van der Waals surface area (Å²) in [6.45, 7) is 8.63. The van der Waals surface area contributed by atoms with E-state index in [0.29, 0.717) is 24.2 Å². The van der Waals surface area contributed by atoms with Gasteiger partial charge in [0.2, 0.25) is 0 Å². The average Bonchev–Trinajstić information content (AvgIpc) is 3.02. The highest BCUT2D eigenvalue weighted by atomic mass is 16.5. The number of para-hydroxylation sites is 2. The zero-order chi connectivity index (χ0) is 19.3. The smallest absolute Gasteiger partial charge is 0.163 e. The first-order valence-corrected chi connectivity index (χ1v) is 9.37. The van der Waals surface area contributed by atoms with E-state index >= 15 is 0 Å². The number of carbonyl (C=O) groups is 1. The van der Waals surface area contributed by atoms with Gasteiger partial charge in [0.05, 0.1) is 12.8 Å². The molecule has 0 fully saturated rings. The predicted octanol–water partition coefficient (Wildman–Crippen LogP) is 5.48. The van der Waals surface area contributed by atoms with Crippen molar-refractivity contribution in [2.45, 2.75) is 52.5 Å². The van der Waals surface area contributed by atoms with E-state index in [4.69, 9.17) is 4.74 Å². The van der Waals surface area contributed by atoms with E-state index in [9.17, 15) is 4.79 Å². The molecule has 2 aromatic rings. The molecule has 0 amide bonds. The van der Waals surface area contributed by atoms with Crippen molar-refractivity contribution in [3.05, 3.63) is 59.2 Å². The predicted molar refractivity (Wildman–Crippen MR) is 110 cm³/mol. The summed E-state index contributed by atoms with van der Waals surface area (Å²) in [4.78, 5) is 13.6. The van der Waals surface area contributed by atoms with Gasteiger partial charge in [-0.25, -0.2) is 0 Å². The lowest BCUT2D eigenvalue weighted by atomic mass is 9.98. The summed E-state index contributed by atoms with van der Waals surface area (Å²) in [5, 5.41) is 0. The number of fused-ring (bicyclic) bond motifs is 1. The number of hydrogen-bond donors (Lipinski definition) is 0. The van der Waals surface area contributed by atoms with Crippen LogP contribution >= 0.6 is 0 Å². The van der Waals surface area contributed by atoms with Gasteiger partial charge in [-0.1, -0.05) is 38.1 Å². The normalized spacial score (nSPS) is 12.7. The van der Waals surface area contributed by atoms with Crippen molar-refractivity contribution >= 4 is 11.5 Å². The summed E-state index contributed by atoms with van der Waals surface area (Å²) in [6, 6.07) is 14.9. The third kappa shape index (κ3) is 4.66. The molecule has 0 heterocycles. The van der Waals surface area contributed by atoms with Crippen LogP contribution in [0.4, 0.5) is 5.69 Å². The van der Waals surface area contributed by atoms with E-state index in [0.717, 1.165) is 23.4 Å². The minimum atomic E-state index is 0.317. The molecule has 3 nitrogen and oxygen atoms in total. The molecule has 0 atom stereocenters. The summed E-state index contributed by atoms with van der Waals surface area (Å²) >= 11 is 0. The van der Waals surface area contributed by atoms with Crippen molar-refractivity contribution in [1.29, 1.82) is 0 Å². The van der Waals surface area contributed by atoms with Crippen LogP contribution in [0.2, 0.25) is 0 Å². The Morgan fingerprint density at radius 1 is 1.00 bits per heavy atom. The number of aryl methyl sites for hydroxylation is 1. The van der Waals surface area contributed by atoms with E-state index in [2.05, 4.69) is 63.9 Å². The number of hydrogen-bond acceptors (Lipinski definition) is 3. The van der Waals surface area contributed by atoms with Crippen LogP contribution in [0.25, 0.3) is 0 Å². The molecule has 0 spiro atoms. The Balaban J connectivity index is 0.000000187. The first-order valence-electron chi connectivity index (χ1n) is 9.37. The molecule has 2 aromatic carbocycles. The van der Waals surface area contributed by atoms with E-state index in [1.807, 2.05) is 18.2 Å². The summed E-state index contributed by atoms with van der Waals surface area (Å²) in [6.07, 6.45) is 1.64. The van der Waals surface area contributed by atoms with Gasteiger partial charge >= 0.3 is 0 Å². The van der Waals surface area contributed by atoms with Crippen LogP contribution in [0.15, 0.2) is 42.5 Å². The Morgan fingerprint density at radius 2 is 1.69 bits per heavy atom. The molecule has 0 unspecified atom stereocenters. The van der Waals surface area contributed by atoms with Gasteiger partial charge < -0.3 is 9.64 Å². The fraction of sp³-hybridized carbons (Fsp3) is 0.435. The number of carbonyl (C=O) groups excluding carboxylic acids is 1. The lowest BCUT2D eigenvalue weighted by molar-refractivity contribution is 0.0994. The third-order valence-electron chi connectivity index (χ3n) is 4.96. The number of ether oxygens (including phenoxy) is 1. The second-order valence-corrected chi connectivity index (χ2v) is 7.37. The van der Waals surface area contributed by atoms with E-state index in [1.54, 1.807) is 7.11 Å². The van der Waals surface area contributed by atoms with Gasteiger partial charge in [0.1, 0.15) is 5.75 Å². The van der Waals surface area contributed by atoms with Crippen molar-refractivity contribution in [1.82, 2.24) is 0 Å². The van der Waals surface area contributed by atoms with Crippen LogP contribution in [0.3, 0.4) is 0 Å². The number of rotatable bonds is 4. The van der Waals surface area contributed by atoms with Gasteiger partial charge in [0.25, 0.3) is 0 Å². The van der Waals surface area contributed by atoms with Gasteiger partial charge in [0, 0.05) is 25.1 Å². The van der Waals surface area contributed by atoms with E-state index in [1.165, 1.54) is 11.1 Å². The van der Waals surface area contributed by atoms with Crippen LogP contribution in [0.5, 0.6) is 5.75 Å². The molecular weight excluding hydrogens is 322 g/mol. The quantitative estimate of drug-likeness (QED) is 0.729. The summed E-state index contributed by atoms with van der Waals surface area (Å²) < 4.78 is 5.27. The van der Waals surface area contributed by atoms with Gasteiger partial charge in [-0.3, -0.25) is 4.79 Å². The Kier molecular flexibility index (Phi) is 6.84. The van der Waals surface area contributed by atoms with Crippen molar-refractivity contribution in [2.75, 3.05) is 19.1 Å².